The zero-order chi connectivity index (χ0) is 15.7. The summed E-state index contributed by atoms with van der Waals surface area (Å²) in [5, 5.41) is 19.3. The Labute approximate surface area is 124 Å². The quantitative estimate of drug-likeness (QED) is 0.328. The Hall–Kier alpha value is -2.55. The molecule has 0 aliphatic carbocycles. The average Bonchev–Trinajstić information content (AvgIpc) is 2.47. The van der Waals surface area contributed by atoms with Crippen molar-refractivity contribution >= 4 is 17.8 Å². The number of nitriles is 1. The third-order valence-corrected chi connectivity index (χ3v) is 2.76. The van der Waals surface area contributed by atoms with Crippen LogP contribution in [0, 0.1) is 16.7 Å². The first kappa shape index (κ1) is 16.5. The fourth-order valence-electron chi connectivity index (χ4n) is 1.71. The first-order valence-electron chi connectivity index (χ1n) is 6.67. The summed E-state index contributed by atoms with van der Waals surface area (Å²) in [6.45, 7) is 0.784. The van der Waals surface area contributed by atoms with E-state index in [4.69, 9.17) is 15.4 Å². The monoisotopic (exact) mass is 288 g/mol. The van der Waals surface area contributed by atoms with E-state index < -0.39 is 0 Å². The van der Waals surface area contributed by atoms with Crippen molar-refractivity contribution in [2.45, 2.75) is 12.8 Å². The first-order valence-corrected chi connectivity index (χ1v) is 6.67. The summed E-state index contributed by atoms with van der Waals surface area (Å²) in [4.78, 5) is 12.2. The lowest BCUT2D eigenvalue weighted by molar-refractivity contribution is -0.108. The Balaban J connectivity index is 2.84. The SMILES string of the molecule is CN(C)c1cc(C(=N)NCCC#N)ccc1OCCC=O. The number of anilines is 1. The molecule has 2 N–H and O–H groups in total. The molecule has 0 atom stereocenters. The number of nitrogens with one attached hydrogen (secondary N) is 2. The van der Waals surface area contributed by atoms with Crippen molar-refractivity contribution in [2.24, 2.45) is 0 Å². The third-order valence-electron chi connectivity index (χ3n) is 2.76. The van der Waals surface area contributed by atoms with Gasteiger partial charge in [0.05, 0.1) is 24.8 Å². The molecule has 0 saturated heterocycles. The third kappa shape index (κ3) is 5.15. The Kier molecular flexibility index (Phi) is 6.75. The summed E-state index contributed by atoms with van der Waals surface area (Å²) < 4.78 is 5.57. The molecular weight excluding hydrogens is 268 g/mol. The van der Waals surface area contributed by atoms with E-state index in [0.29, 0.717) is 31.7 Å². The van der Waals surface area contributed by atoms with Gasteiger partial charge in [0.15, 0.2) is 0 Å². The Morgan fingerprint density at radius 1 is 1.52 bits per heavy atom. The van der Waals surface area contributed by atoms with Gasteiger partial charge >= 0.3 is 0 Å². The molecule has 112 valence electrons. The van der Waals surface area contributed by atoms with Crippen LogP contribution in [-0.4, -0.2) is 39.4 Å². The number of benzene rings is 1. The van der Waals surface area contributed by atoms with Crippen molar-refractivity contribution in [2.75, 3.05) is 32.1 Å². The molecule has 1 aromatic carbocycles. The summed E-state index contributed by atoms with van der Waals surface area (Å²) in [6.07, 6.45) is 1.52. The van der Waals surface area contributed by atoms with Crippen LogP contribution in [0.25, 0.3) is 0 Å². The zero-order valence-corrected chi connectivity index (χ0v) is 12.3. The number of nitrogens with zero attached hydrogens (tertiary/aromatic N) is 2. The minimum absolute atomic E-state index is 0.271. The van der Waals surface area contributed by atoms with Crippen LogP contribution in [0.3, 0.4) is 0 Å². The Morgan fingerprint density at radius 2 is 2.29 bits per heavy atom. The second-order valence-electron chi connectivity index (χ2n) is 4.59. The molecule has 6 heteroatoms. The van der Waals surface area contributed by atoms with E-state index in [1.54, 1.807) is 12.1 Å². The van der Waals surface area contributed by atoms with Gasteiger partial charge < -0.3 is 19.7 Å². The van der Waals surface area contributed by atoms with Gasteiger partial charge in [0.1, 0.15) is 17.9 Å². The lowest BCUT2D eigenvalue weighted by Crippen LogP contribution is -2.24. The molecular formula is C15H20N4O2. The highest BCUT2D eigenvalue weighted by molar-refractivity contribution is 5.97. The van der Waals surface area contributed by atoms with Crippen molar-refractivity contribution in [3.8, 4) is 11.8 Å². The smallest absolute Gasteiger partial charge is 0.142 e. The van der Waals surface area contributed by atoms with Crippen molar-refractivity contribution in [1.82, 2.24) is 5.32 Å². The number of amidine groups is 1. The van der Waals surface area contributed by atoms with Gasteiger partial charge in [-0.25, -0.2) is 0 Å². The number of ether oxygens (including phenoxy) is 1. The summed E-state index contributed by atoms with van der Waals surface area (Å²) in [5.74, 6) is 0.947. The molecule has 21 heavy (non-hydrogen) atoms. The molecule has 6 nitrogen and oxygen atoms in total. The van der Waals surface area contributed by atoms with Gasteiger partial charge in [-0.3, -0.25) is 5.41 Å². The Morgan fingerprint density at radius 3 is 2.90 bits per heavy atom. The Bertz CT molecular complexity index is 535. The highest BCUT2D eigenvalue weighted by Gasteiger charge is 2.10. The van der Waals surface area contributed by atoms with E-state index in [1.165, 1.54) is 0 Å². The first-order chi connectivity index (χ1) is 10.1. The van der Waals surface area contributed by atoms with E-state index in [2.05, 4.69) is 5.32 Å². The van der Waals surface area contributed by atoms with E-state index in [1.807, 2.05) is 31.1 Å². The van der Waals surface area contributed by atoms with Crippen LogP contribution in [-0.2, 0) is 4.79 Å². The summed E-state index contributed by atoms with van der Waals surface area (Å²) >= 11 is 0. The fourth-order valence-corrected chi connectivity index (χ4v) is 1.71. The van der Waals surface area contributed by atoms with Gasteiger partial charge in [0.2, 0.25) is 0 Å². The van der Waals surface area contributed by atoms with E-state index in [-0.39, 0.29) is 5.84 Å². The predicted octanol–water partition coefficient (Wildman–Crippen LogP) is 1.55. The van der Waals surface area contributed by atoms with Crippen LogP contribution < -0.4 is 15.0 Å². The normalized spacial score (nSPS) is 9.57. The summed E-state index contributed by atoms with van der Waals surface area (Å²) in [5.41, 5.74) is 1.56. The highest BCUT2D eigenvalue weighted by Crippen LogP contribution is 2.28. The molecule has 0 heterocycles. The van der Waals surface area contributed by atoms with Gasteiger partial charge in [0.25, 0.3) is 0 Å². The minimum atomic E-state index is 0.271. The van der Waals surface area contributed by atoms with E-state index in [9.17, 15) is 4.79 Å². The second kappa shape index (κ2) is 8.59. The summed E-state index contributed by atoms with van der Waals surface area (Å²) in [6, 6.07) is 7.44. The second-order valence-corrected chi connectivity index (χ2v) is 4.59. The van der Waals surface area contributed by atoms with Crippen molar-refractivity contribution in [3.63, 3.8) is 0 Å². The molecule has 0 aliphatic rings. The van der Waals surface area contributed by atoms with Crippen LogP contribution in [0.1, 0.15) is 18.4 Å². The number of hydrogen-bond donors (Lipinski definition) is 2. The van der Waals surface area contributed by atoms with Crippen LogP contribution in [0.15, 0.2) is 18.2 Å². The maximum absolute atomic E-state index is 10.3. The lowest BCUT2D eigenvalue weighted by atomic mass is 10.1. The topological polar surface area (TPSA) is 89.2 Å². The molecule has 0 spiro atoms. The van der Waals surface area contributed by atoms with Crippen LogP contribution in [0.5, 0.6) is 5.75 Å². The van der Waals surface area contributed by atoms with Crippen LogP contribution >= 0.6 is 0 Å². The minimum Gasteiger partial charge on any atom is -0.491 e. The van der Waals surface area contributed by atoms with Crippen molar-refractivity contribution in [3.05, 3.63) is 23.8 Å². The van der Waals surface area contributed by atoms with Gasteiger partial charge in [-0.05, 0) is 18.2 Å². The molecule has 0 amide bonds. The predicted molar refractivity (Wildman–Crippen MR) is 82.0 cm³/mol. The number of carbonyl (C=O) groups excluding carboxylic acids is 1. The van der Waals surface area contributed by atoms with Crippen LogP contribution in [0.2, 0.25) is 0 Å². The molecule has 1 aromatic rings. The van der Waals surface area contributed by atoms with Gasteiger partial charge in [-0.2, -0.15) is 5.26 Å². The molecule has 0 radical (unpaired) electrons. The van der Waals surface area contributed by atoms with Gasteiger partial charge in [0, 0.05) is 32.6 Å². The number of carbonyl (C=O) groups is 1. The van der Waals surface area contributed by atoms with Crippen LogP contribution in [0.4, 0.5) is 5.69 Å². The standard InChI is InChI=1S/C15H20N4O2/c1-19(2)13-11-12(15(17)18-8-3-7-16)5-6-14(13)21-10-4-9-20/h5-6,9,11H,3-4,8,10H2,1-2H3,(H2,17,18). The molecule has 0 unspecified atom stereocenters. The van der Waals surface area contributed by atoms with Crippen molar-refractivity contribution < 1.29 is 9.53 Å². The molecule has 0 aliphatic heterocycles. The highest BCUT2D eigenvalue weighted by atomic mass is 16.5. The van der Waals surface area contributed by atoms with Gasteiger partial charge in [-0.1, -0.05) is 0 Å². The largest absolute Gasteiger partial charge is 0.491 e. The number of hydrogen-bond acceptors (Lipinski definition) is 5. The maximum Gasteiger partial charge on any atom is 0.142 e. The fraction of sp³-hybridized carbons (Fsp3) is 0.400. The lowest BCUT2D eigenvalue weighted by Gasteiger charge is -2.19. The molecule has 0 fully saturated rings. The number of aldehydes is 1. The summed E-state index contributed by atoms with van der Waals surface area (Å²) in [7, 11) is 3.77. The molecule has 0 saturated carbocycles. The molecule has 0 bridgehead atoms. The van der Waals surface area contributed by atoms with Crippen molar-refractivity contribution in [1.29, 1.82) is 10.7 Å². The average molecular weight is 288 g/mol. The van der Waals surface area contributed by atoms with Gasteiger partial charge in [-0.15, -0.1) is 0 Å². The van der Waals surface area contributed by atoms with E-state index in [0.717, 1.165) is 17.5 Å². The molecule has 1 rings (SSSR count). The number of rotatable bonds is 8. The maximum atomic E-state index is 10.3. The molecule has 0 aromatic heterocycles. The van der Waals surface area contributed by atoms with E-state index >= 15 is 0 Å². The zero-order valence-electron chi connectivity index (χ0n) is 12.3.